The van der Waals surface area contributed by atoms with Crippen molar-refractivity contribution in [2.75, 3.05) is 5.32 Å². The number of benzene rings is 1. The second-order valence-corrected chi connectivity index (χ2v) is 8.34. The molecule has 8 heteroatoms. The minimum absolute atomic E-state index is 0.202. The highest BCUT2D eigenvalue weighted by molar-refractivity contribution is 7.17. The lowest BCUT2D eigenvalue weighted by molar-refractivity contribution is -0.119. The van der Waals surface area contributed by atoms with E-state index in [1.807, 2.05) is 24.4 Å². The van der Waals surface area contributed by atoms with E-state index in [2.05, 4.69) is 34.3 Å². The Morgan fingerprint density at radius 1 is 1.17 bits per heavy atom. The maximum Gasteiger partial charge on any atom is 0.263 e. The van der Waals surface area contributed by atoms with Crippen LogP contribution in [0, 0.1) is 0 Å². The lowest BCUT2D eigenvalue weighted by Gasteiger charge is -2.16. The SMILES string of the molecule is CCc1ccc(-c2csc3ncn(C(CC)C(=O)Nc4nccs4)c(=O)c23)cc1. The standard InChI is InChI=1S/C21H20N4O2S2/c1-3-13-5-7-14(8-6-13)15-11-29-19-17(15)20(27)25(12-23-19)16(4-2)18(26)24-21-22-9-10-28-21/h5-12,16H,3-4H2,1-2H3,(H,22,24,26). The van der Waals surface area contributed by atoms with Crippen LogP contribution in [0.25, 0.3) is 21.3 Å². The number of carbonyl (C=O) groups excluding carboxylic acids is 1. The van der Waals surface area contributed by atoms with Gasteiger partial charge in [0, 0.05) is 22.5 Å². The molecule has 0 saturated heterocycles. The Bertz CT molecular complexity index is 1190. The first-order valence-corrected chi connectivity index (χ1v) is 11.2. The van der Waals surface area contributed by atoms with Crippen LogP contribution < -0.4 is 10.9 Å². The summed E-state index contributed by atoms with van der Waals surface area (Å²) in [5, 5.41) is 7.61. The highest BCUT2D eigenvalue weighted by Gasteiger charge is 2.23. The van der Waals surface area contributed by atoms with Crippen LogP contribution >= 0.6 is 22.7 Å². The van der Waals surface area contributed by atoms with Crippen LogP contribution in [0.15, 0.2) is 52.3 Å². The molecule has 3 heterocycles. The molecule has 0 bridgehead atoms. The van der Waals surface area contributed by atoms with Gasteiger partial charge in [-0.1, -0.05) is 38.1 Å². The Hall–Kier alpha value is -2.84. The van der Waals surface area contributed by atoms with Gasteiger partial charge < -0.3 is 5.32 Å². The van der Waals surface area contributed by atoms with Gasteiger partial charge in [0.05, 0.1) is 11.7 Å². The van der Waals surface area contributed by atoms with Crippen molar-refractivity contribution in [3.8, 4) is 11.1 Å². The average Bonchev–Trinajstić information content (AvgIpc) is 3.40. The Kier molecular flexibility index (Phi) is 5.55. The molecule has 0 radical (unpaired) electrons. The Morgan fingerprint density at radius 2 is 1.97 bits per heavy atom. The van der Waals surface area contributed by atoms with Gasteiger partial charge >= 0.3 is 0 Å². The first kappa shape index (κ1) is 19.5. The van der Waals surface area contributed by atoms with E-state index < -0.39 is 6.04 Å². The normalized spacial score (nSPS) is 12.2. The second-order valence-electron chi connectivity index (χ2n) is 6.59. The fourth-order valence-electron chi connectivity index (χ4n) is 3.28. The third kappa shape index (κ3) is 3.73. The number of hydrogen-bond acceptors (Lipinski definition) is 6. The minimum Gasteiger partial charge on any atom is -0.300 e. The zero-order chi connectivity index (χ0) is 20.4. The van der Waals surface area contributed by atoms with Gasteiger partial charge in [0.15, 0.2) is 5.13 Å². The number of nitrogens with one attached hydrogen (secondary N) is 1. The van der Waals surface area contributed by atoms with Crippen LogP contribution in [0.5, 0.6) is 0 Å². The molecule has 1 aromatic carbocycles. The number of aromatic nitrogens is 3. The van der Waals surface area contributed by atoms with Gasteiger partial charge in [-0.3, -0.25) is 14.2 Å². The topological polar surface area (TPSA) is 76.9 Å². The van der Waals surface area contributed by atoms with Crippen molar-refractivity contribution in [3.63, 3.8) is 0 Å². The fourth-order valence-corrected chi connectivity index (χ4v) is 4.72. The maximum absolute atomic E-state index is 13.4. The molecule has 1 N–H and O–H groups in total. The molecule has 3 aromatic heterocycles. The van der Waals surface area contributed by atoms with Crippen LogP contribution in [0.3, 0.4) is 0 Å². The second kappa shape index (κ2) is 8.26. The summed E-state index contributed by atoms with van der Waals surface area (Å²) < 4.78 is 1.43. The molecular formula is C21H20N4O2S2. The molecule has 148 valence electrons. The van der Waals surface area contributed by atoms with E-state index in [1.54, 1.807) is 11.6 Å². The number of nitrogens with zero attached hydrogens (tertiary/aromatic N) is 3. The summed E-state index contributed by atoms with van der Waals surface area (Å²) in [7, 11) is 0. The van der Waals surface area contributed by atoms with Crippen molar-refractivity contribution < 1.29 is 4.79 Å². The molecule has 0 aliphatic carbocycles. The largest absolute Gasteiger partial charge is 0.300 e. The van der Waals surface area contributed by atoms with Crippen molar-refractivity contribution in [2.45, 2.75) is 32.7 Å². The van der Waals surface area contributed by atoms with Crippen molar-refractivity contribution >= 4 is 43.9 Å². The Labute approximate surface area is 175 Å². The number of carbonyl (C=O) groups is 1. The van der Waals surface area contributed by atoms with E-state index in [0.717, 1.165) is 17.5 Å². The summed E-state index contributed by atoms with van der Waals surface area (Å²) in [5.74, 6) is -0.269. The Balaban J connectivity index is 1.76. The van der Waals surface area contributed by atoms with Crippen molar-refractivity contribution in [2.24, 2.45) is 0 Å². The molecule has 1 atom stereocenters. The summed E-state index contributed by atoms with van der Waals surface area (Å²) >= 11 is 2.78. The fraction of sp³-hybridized carbons (Fsp3) is 0.238. The predicted octanol–water partition coefficient (Wildman–Crippen LogP) is 4.73. The number of aryl methyl sites for hydroxylation is 1. The summed E-state index contributed by atoms with van der Waals surface area (Å²) in [6.45, 7) is 3.99. The highest BCUT2D eigenvalue weighted by Crippen LogP contribution is 2.31. The smallest absolute Gasteiger partial charge is 0.263 e. The van der Waals surface area contributed by atoms with E-state index >= 15 is 0 Å². The zero-order valence-corrected chi connectivity index (χ0v) is 17.7. The number of rotatable bonds is 6. The molecule has 1 amide bonds. The van der Waals surface area contributed by atoms with Gasteiger partial charge in [-0.05, 0) is 24.0 Å². The number of hydrogen-bond donors (Lipinski definition) is 1. The lowest BCUT2D eigenvalue weighted by atomic mass is 10.0. The first-order valence-electron chi connectivity index (χ1n) is 9.40. The van der Waals surface area contributed by atoms with Crippen LogP contribution in [0.1, 0.15) is 31.9 Å². The molecule has 4 aromatic rings. The predicted molar refractivity (Wildman–Crippen MR) is 119 cm³/mol. The van der Waals surface area contributed by atoms with Crippen LogP contribution in [-0.4, -0.2) is 20.4 Å². The summed E-state index contributed by atoms with van der Waals surface area (Å²) in [6, 6.07) is 7.56. The molecule has 4 rings (SSSR count). The van der Waals surface area contributed by atoms with Crippen LogP contribution in [0.4, 0.5) is 5.13 Å². The van der Waals surface area contributed by atoms with Gasteiger partial charge in [0.2, 0.25) is 5.91 Å². The Morgan fingerprint density at radius 3 is 2.62 bits per heavy atom. The van der Waals surface area contributed by atoms with Crippen LogP contribution in [0.2, 0.25) is 0 Å². The summed E-state index contributed by atoms with van der Waals surface area (Å²) in [6.07, 6.45) is 4.53. The molecule has 29 heavy (non-hydrogen) atoms. The van der Waals surface area contributed by atoms with E-state index in [4.69, 9.17) is 0 Å². The van der Waals surface area contributed by atoms with E-state index in [9.17, 15) is 9.59 Å². The van der Waals surface area contributed by atoms with Gasteiger partial charge in [0.25, 0.3) is 5.56 Å². The number of thiophene rings is 1. The zero-order valence-electron chi connectivity index (χ0n) is 16.1. The van der Waals surface area contributed by atoms with Crippen molar-refractivity contribution in [1.29, 1.82) is 0 Å². The third-order valence-electron chi connectivity index (χ3n) is 4.88. The number of fused-ring (bicyclic) bond motifs is 1. The lowest BCUT2D eigenvalue weighted by Crippen LogP contribution is -2.33. The van der Waals surface area contributed by atoms with E-state index in [1.165, 1.54) is 39.1 Å². The number of thiazole rings is 1. The molecular weight excluding hydrogens is 404 g/mol. The molecule has 0 fully saturated rings. The molecule has 1 unspecified atom stereocenters. The van der Waals surface area contributed by atoms with Crippen LogP contribution in [-0.2, 0) is 11.2 Å². The van der Waals surface area contributed by atoms with Crippen molar-refractivity contribution in [1.82, 2.24) is 14.5 Å². The third-order valence-corrected chi connectivity index (χ3v) is 6.46. The van der Waals surface area contributed by atoms with Crippen molar-refractivity contribution in [3.05, 3.63) is 63.5 Å². The number of amides is 1. The molecule has 0 aliphatic rings. The van der Waals surface area contributed by atoms with Gasteiger partial charge in [-0.25, -0.2) is 9.97 Å². The maximum atomic E-state index is 13.4. The molecule has 0 spiro atoms. The highest BCUT2D eigenvalue weighted by atomic mass is 32.1. The van der Waals surface area contributed by atoms with E-state index in [-0.39, 0.29) is 11.5 Å². The molecule has 0 saturated carbocycles. The van der Waals surface area contributed by atoms with Gasteiger partial charge in [-0.15, -0.1) is 22.7 Å². The summed E-state index contributed by atoms with van der Waals surface area (Å²) in [5.41, 5.74) is 2.88. The quantitative estimate of drug-likeness (QED) is 0.485. The molecule has 6 nitrogen and oxygen atoms in total. The monoisotopic (exact) mass is 424 g/mol. The van der Waals surface area contributed by atoms with Gasteiger partial charge in [0.1, 0.15) is 10.9 Å². The first-order chi connectivity index (χ1) is 14.1. The van der Waals surface area contributed by atoms with E-state index in [0.29, 0.717) is 21.8 Å². The van der Waals surface area contributed by atoms with Gasteiger partial charge in [-0.2, -0.15) is 0 Å². The molecule has 0 aliphatic heterocycles. The average molecular weight is 425 g/mol. The number of anilines is 1. The minimum atomic E-state index is -0.654. The summed E-state index contributed by atoms with van der Waals surface area (Å²) in [4.78, 5) is 35.3.